The maximum absolute atomic E-state index is 13.5. The van der Waals surface area contributed by atoms with Crippen LogP contribution in [-0.2, 0) is 11.3 Å². The highest BCUT2D eigenvalue weighted by Gasteiger charge is 2.13. The molecule has 0 unspecified atom stereocenters. The second-order valence-corrected chi connectivity index (χ2v) is 6.72. The topological polar surface area (TPSA) is 73.1 Å². The van der Waals surface area contributed by atoms with E-state index in [9.17, 15) is 18.8 Å². The summed E-state index contributed by atoms with van der Waals surface area (Å²) in [6, 6.07) is 9.14. The molecule has 0 saturated heterocycles. The molecule has 3 aromatic rings. The summed E-state index contributed by atoms with van der Waals surface area (Å²) in [4.78, 5) is 37.2. The van der Waals surface area contributed by atoms with Gasteiger partial charge < -0.3 is 5.32 Å². The summed E-state index contributed by atoms with van der Waals surface area (Å²) in [5, 5.41) is 3.02. The van der Waals surface area contributed by atoms with E-state index in [0.29, 0.717) is 16.3 Å². The quantitative estimate of drug-likeness (QED) is 0.683. The highest BCUT2D eigenvalue weighted by atomic mass is 35.5. The van der Waals surface area contributed by atoms with E-state index in [1.165, 1.54) is 30.6 Å². The molecular formula is C20H17ClFN3O3. The number of carbonyl (C=O) groups is 1. The van der Waals surface area contributed by atoms with E-state index < -0.39 is 22.8 Å². The molecule has 28 heavy (non-hydrogen) atoms. The van der Waals surface area contributed by atoms with Crippen LogP contribution in [0, 0.1) is 19.7 Å². The van der Waals surface area contributed by atoms with Crippen molar-refractivity contribution in [3.63, 3.8) is 0 Å². The molecule has 1 aromatic heterocycles. The minimum Gasteiger partial charge on any atom is -0.323 e. The number of hydrogen-bond donors (Lipinski definition) is 1. The fourth-order valence-corrected chi connectivity index (χ4v) is 3.06. The second kappa shape index (κ2) is 7.82. The summed E-state index contributed by atoms with van der Waals surface area (Å²) in [7, 11) is 0. The number of anilines is 1. The number of rotatable bonds is 4. The number of hydrogen-bond acceptors (Lipinski definition) is 3. The predicted octanol–water partition coefficient (Wildman–Crippen LogP) is 3.05. The number of aryl methyl sites for hydroxylation is 2. The number of carbonyl (C=O) groups excluding carboxylic acids is 1. The van der Waals surface area contributed by atoms with Gasteiger partial charge in [0.1, 0.15) is 12.4 Å². The maximum Gasteiger partial charge on any atom is 0.320 e. The number of benzene rings is 2. The van der Waals surface area contributed by atoms with Gasteiger partial charge in [-0.05, 0) is 43.2 Å². The molecule has 144 valence electrons. The number of halogens is 2. The van der Waals surface area contributed by atoms with Gasteiger partial charge in [0.05, 0.1) is 16.4 Å². The number of nitrogens with zero attached hydrogens (tertiary/aromatic N) is 2. The summed E-state index contributed by atoms with van der Waals surface area (Å²) in [6.45, 7) is 3.13. The Morgan fingerprint density at radius 3 is 2.54 bits per heavy atom. The molecule has 0 radical (unpaired) electrons. The SMILES string of the molecule is Cc1ccc(F)cc1-n1ccn(CC(=O)Nc2c(C)cccc2Cl)c(=O)c1=O. The molecule has 0 fully saturated rings. The van der Waals surface area contributed by atoms with Crippen molar-refractivity contribution >= 4 is 23.2 Å². The van der Waals surface area contributed by atoms with Gasteiger partial charge in [-0.25, -0.2) is 4.39 Å². The van der Waals surface area contributed by atoms with Crippen LogP contribution in [0.3, 0.4) is 0 Å². The highest BCUT2D eigenvalue weighted by molar-refractivity contribution is 6.33. The van der Waals surface area contributed by atoms with Crippen molar-refractivity contribution in [2.45, 2.75) is 20.4 Å². The van der Waals surface area contributed by atoms with Crippen LogP contribution in [0.4, 0.5) is 10.1 Å². The zero-order chi connectivity index (χ0) is 20.4. The monoisotopic (exact) mass is 401 g/mol. The van der Waals surface area contributed by atoms with Gasteiger partial charge >= 0.3 is 11.1 Å². The highest BCUT2D eigenvalue weighted by Crippen LogP contribution is 2.25. The molecule has 0 atom stereocenters. The molecular weight excluding hydrogens is 385 g/mol. The summed E-state index contributed by atoms with van der Waals surface area (Å²) >= 11 is 6.08. The van der Waals surface area contributed by atoms with Gasteiger partial charge in [0, 0.05) is 12.4 Å². The molecule has 0 aliphatic carbocycles. The Morgan fingerprint density at radius 1 is 1.07 bits per heavy atom. The van der Waals surface area contributed by atoms with Gasteiger partial charge in [-0.3, -0.25) is 23.5 Å². The molecule has 0 aliphatic rings. The van der Waals surface area contributed by atoms with Crippen molar-refractivity contribution in [1.82, 2.24) is 9.13 Å². The van der Waals surface area contributed by atoms with Crippen LogP contribution in [0.15, 0.2) is 58.4 Å². The summed E-state index contributed by atoms with van der Waals surface area (Å²) in [5.41, 5.74) is 0.351. The third-order valence-corrected chi connectivity index (χ3v) is 4.60. The Kier molecular flexibility index (Phi) is 5.46. The molecule has 0 bridgehead atoms. The minimum absolute atomic E-state index is 0.269. The standard InChI is InChI=1S/C20H17ClFN3O3/c1-12-6-7-14(22)10-16(12)25-9-8-24(19(27)20(25)28)11-17(26)23-18-13(2)4-3-5-15(18)21/h3-10H,11H2,1-2H3,(H,23,26). The first kappa shape index (κ1) is 19.6. The van der Waals surface area contributed by atoms with E-state index in [-0.39, 0.29) is 12.2 Å². The van der Waals surface area contributed by atoms with E-state index in [1.54, 1.807) is 32.0 Å². The fourth-order valence-electron chi connectivity index (χ4n) is 2.79. The largest absolute Gasteiger partial charge is 0.323 e. The molecule has 0 spiro atoms. The lowest BCUT2D eigenvalue weighted by Gasteiger charge is -2.13. The van der Waals surface area contributed by atoms with E-state index in [0.717, 1.165) is 14.7 Å². The normalized spacial score (nSPS) is 10.7. The Hall–Kier alpha value is -3.19. The summed E-state index contributed by atoms with van der Waals surface area (Å²) < 4.78 is 15.6. The molecule has 8 heteroatoms. The molecule has 0 saturated carbocycles. The van der Waals surface area contributed by atoms with Crippen molar-refractivity contribution in [1.29, 1.82) is 0 Å². The van der Waals surface area contributed by atoms with E-state index >= 15 is 0 Å². The van der Waals surface area contributed by atoms with E-state index in [2.05, 4.69) is 5.32 Å². The zero-order valence-electron chi connectivity index (χ0n) is 15.2. The minimum atomic E-state index is -0.891. The predicted molar refractivity (Wildman–Crippen MR) is 106 cm³/mol. The first-order chi connectivity index (χ1) is 13.3. The van der Waals surface area contributed by atoms with Crippen LogP contribution < -0.4 is 16.4 Å². The Morgan fingerprint density at radius 2 is 1.82 bits per heavy atom. The van der Waals surface area contributed by atoms with Crippen LogP contribution >= 0.6 is 11.6 Å². The van der Waals surface area contributed by atoms with Crippen LogP contribution in [-0.4, -0.2) is 15.0 Å². The average molecular weight is 402 g/mol. The zero-order valence-corrected chi connectivity index (χ0v) is 16.0. The number of para-hydroxylation sites is 1. The number of aromatic nitrogens is 2. The van der Waals surface area contributed by atoms with Crippen LogP contribution in [0.25, 0.3) is 5.69 Å². The lowest BCUT2D eigenvalue weighted by Crippen LogP contribution is -2.41. The number of amides is 1. The van der Waals surface area contributed by atoms with Crippen LogP contribution in [0.2, 0.25) is 5.02 Å². The fraction of sp³-hybridized carbons (Fsp3) is 0.150. The lowest BCUT2D eigenvalue weighted by molar-refractivity contribution is -0.116. The van der Waals surface area contributed by atoms with Gasteiger partial charge in [0.25, 0.3) is 0 Å². The average Bonchev–Trinajstić information content (AvgIpc) is 2.65. The van der Waals surface area contributed by atoms with Crippen LogP contribution in [0.1, 0.15) is 11.1 Å². The van der Waals surface area contributed by atoms with Gasteiger partial charge in [-0.15, -0.1) is 0 Å². The van der Waals surface area contributed by atoms with Crippen molar-refractivity contribution < 1.29 is 9.18 Å². The summed E-state index contributed by atoms with van der Waals surface area (Å²) in [6.07, 6.45) is 2.65. The van der Waals surface area contributed by atoms with Gasteiger partial charge in [0.15, 0.2) is 0 Å². The first-order valence-corrected chi connectivity index (χ1v) is 8.79. The Balaban J connectivity index is 1.89. The van der Waals surface area contributed by atoms with Gasteiger partial charge in [-0.1, -0.05) is 29.8 Å². The molecule has 3 rings (SSSR count). The van der Waals surface area contributed by atoms with Crippen molar-refractivity contribution in [2.24, 2.45) is 0 Å². The van der Waals surface area contributed by atoms with Gasteiger partial charge in [0.2, 0.25) is 5.91 Å². The smallest absolute Gasteiger partial charge is 0.320 e. The third-order valence-electron chi connectivity index (χ3n) is 4.29. The maximum atomic E-state index is 13.5. The van der Waals surface area contributed by atoms with E-state index in [4.69, 9.17) is 11.6 Å². The molecule has 1 heterocycles. The Bertz CT molecular complexity index is 1160. The van der Waals surface area contributed by atoms with Gasteiger partial charge in [-0.2, -0.15) is 0 Å². The molecule has 6 nitrogen and oxygen atoms in total. The van der Waals surface area contributed by atoms with Crippen molar-refractivity contribution in [3.05, 3.63) is 91.5 Å². The lowest BCUT2D eigenvalue weighted by atomic mass is 10.2. The molecule has 1 amide bonds. The van der Waals surface area contributed by atoms with E-state index in [1.807, 2.05) is 0 Å². The van der Waals surface area contributed by atoms with Crippen molar-refractivity contribution in [2.75, 3.05) is 5.32 Å². The molecule has 1 N–H and O–H groups in total. The first-order valence-electron chi connectivity index (χ1n) is 8.41. The summed E-state index contributed by atoms with van der Waals surface area (Å²) in [5.74, 6) is -1.02. The molecule has 2 aromatic carbocycles. The second-order valence-electron chi connectivity index (χ2n) is 6.32. The van der Waals surface area contributed by atoms with Crippen molar-refractivity contribution in [3.8, 4) is 5.69 Å². The number of nitrogens with one attached hydrogen (secondary N) is 1. The third kappa shape index (κ3) is 3.89. The Labute approximate surface area is 164 Å². The van der Waals surface area contributed by atoms with Crippen LogP contribution in [0.5, 0.6) is 0 Å². The molecule has 0 aliphatic heterocycles.